The summed E-state index contributed by atoms with van der Waals surface area (Å²) in [6, 6.07) is 9.29. The van der Waals surface area contributed by atoms with Gasteiger partial charge in [0.2, 0.25) is 17.0 Å². The molecule has 0 aliphatic carbocycles. The van der Waals surface area contributed by atoms with Crippen LogP contribution >= 0.6 is 0 Å². The smallest absolute Gasteiger partial charge is 0.325 e. The van der Waals surface area contributed by atoms with Crippen molar-refractivity contribution in [2.75, 3.05) is 66.0 Å². The van der Waals surface area contributed by atoms with Crippen molar-refractivity contribution >= 4 is 45.7 Å². The lowest BCUT2D eigenvalue weighted by Gasteiger charge is -2.35. The van der Waals surface area contributed by atoms with Gasteiger partial charge in [0.05, 0.1) is 35.5 Å². The minimum absolute atomic E-state index is 0.0718. The molecule has 0 radical (unpaired) electrons. The first kappa shape index (κ1) is 36.6. The van der Waals surface area contributed by atoms with E-state index in [1.54, 1.807) is 41.3 Å². The number of aliphatic hydroxyl groups is 1. The first-order valence-electron chi connectivity index (χ1n) is 15.9. The summed E-state index contributed by atoms with van der Waals surface area (Å²) in [5, 5.41) is 32.9. The van der Waals surface area contributed by atoms with E-state index in [1.807, 2.05) is 21.7 Å². The fourth-order valence-electron chi connectivity index (χ4n) is 5.54. The van der Waals surface area contributed by atoms with E-state index in [2.05, 4.69) is 10.3 Å². The van der Waals surface area contributed by atoms with E-state index in [-0.39, 0.29) is 49.5 Å². The standard InChI is InChI=1S/C33H44N6O9/c1-21(32(44)45)16-24(40)18-38-11-10-36(3)20-29(42)39(19-28(41)34-22(2)33(46)47)15-14-37(12-13-38)17-23-8-9-26-30(43)25-6-4-5-7-27(25)48-31(26)35-23/h4-9,21-22,29,42H,10-20H2,1-3H3,(H,34,41)(H,44,45)(H,46,47)/t21-,22+,29?/m1/s1. The first-order chi connectivity index (χ1) is 22.8. The molecule has 1 saturated heterocycles. The zero-order chi connectivity index (χ0) is 35.0. The third-order valence-corrected chi connectivity index (χ3v) is 8.47. The Hall–Kier alpha value is -4.28. The lowest BCUT2D eigenvalue weighted by molar-refractivity contribution is -0.143. The second-order valence-corrected chi connectivity index (χ2v) is 12.5. The Morgan fingerprint density at radius 2 is 1.60 bits per heavy atom. The molecule has 4 rings (SSSR count). The third kappa shape index (κ3) is 10.1. The molecular weight excluding hydrogens is 624 g/mol. The summed E-state index contributed by atoms with van der Waals surface area (Å²) < 4.78 is 5.96. The summed E-state index contributed by atoms with van der Waals surface area (Å²) in [6.07, 6.45) is -1.14. The van der Waals surface area contributed by atoms with E-state index in [0.29, 0.717) is 61.3 Å². The van der Waals surface area contributed by atoms with E-state index in [9.17, 15) is 39.3 Å². The van der Waals surface area contributed by atoms with Gasteiger partial charge in [0.1, 0.15) is 23.6 Å². The summed E-state index contributed by atoms with van der Waals surface area (Å²) in [6.45, 7) is 5.68. The van der Waals surface area contributed by atoms with Gasteiger partial charge in [-0.25, -0.2) is 4.98 Å². The van der Waals surface area contributed by atoms with Crippen molar-refractivity contribution in [3.05, 3.63) is 52.3 Å². The molecule has 1 aliphatic rings. The minimum atomic E-state index is -1.17. The molecule has 15 nitrogen and oxygen atoms in total. The maximum absolute atomic E-state index is 13.0. The molecule has 3 aromatic rings. The number of amides is 1. The third-order valence-electron chi connectivity index (χ3n) is 8.47. The molecule has 1 aromatic carbocycles. The Morgan fingerprint density at radius 1 is 0.917 bits per heavy atom. The van der Waals surface area contributed by atoms with E-state index < -0.39 is 36.0 Å². The summed E-state index contributed by atoms with van der Waals surface area (Å²) in [4.78, 5) is 73.3. The lowest BCUT2D eigenvalue weighted by Crippen LogP contribution is -2.53. The van der Waals surface area contributed by atoms with Crippen LogP contribution in [0.1, 0.15) is 26.0 Å². The largest absolute Gasteiger partial charge is 0.481 e. The number of carboxylic acids is 2. The number of hydrogen-bond donors (Lipinski definition) is 4. The highest BCUT2D eigenvalue weighted by Gasteiger charge is 2.26. The predicted octanol–water partition coefficient (Wildman–Crippen LogP) is 0.280. The number of rotatable bonds is 11. The van der Waals surface area contributed by atoms with E-state index in [4.69, 9.17) is 4.42 Å². The van der Waals surface area contributed by atoms with Crippen LogP contribution in [0.3, 0.4) is 0 Å². The quantitative estimate of drug-likeness (QED) is 0.203. The number of Topliss-reactive ketones (excluding diaryl/α,β-unsaturated/α-hetero) is 1. The zero-order valence-corrected chi connectivity index (χ0v) is 27.5. The highest BCUT2D eigenvalue weighted by atomic mass is 16.4. The summed E-state index contributed by atoms with van der Waals surface area (Å²) >= 11 is 0. The fraction of sp³-hybridized carbons (Fsp3) is 0.515. The molecule has 1 fully saturated rings. The SMILES string of the molecule is C[C@H](CC(=O)CN1CCN(C)CC(O)N(CC(=O)N[C@@H](C)C(=O)O)CCN(Cc2ccc3c(=O)c4ccccc4oc3n2)CC1)C(=O)O. The lowest BCUT2D eigenvalue weighted by atomic mass is 10.0. The maximum Gasteiger partial charge on any atom is 0.325 e. The van der Waals surface area contributed by atoms with Crippen molar-refractivity contribution in [2.24, 2.45) is 5.92 Å². The Bertz CT molecular complexity index is 1680. The normalized spacial score (nSPS) is 19.3. The number of hydrogen-bond acceptors (Lipinski definition) is 12. The molecular formula is C33H44N6O9. The number of aliphatic carboxylic acids is 2. The molecule has 1 aliphatic heterocycles. The molecule has 0 saturated carbocycles. The molecule has 1 amide bonds. The molecule has 0 bridgehead atoms. The van der Waals surface area contributed by atoms with Crippen LogP contribution in [0.4, 0.5) is 0 Å². The number of carbonyl (C=O) groups is 4. The highest BCUT2D eigenvalue weighted by Crippen LogP contribution is 2.18. The van der Waals surface area contributed by atoms with Crippen molar-refractivity contribution < 1.29 is 38.9 Å². The van der Waals surface area contributed by atoms with Gasteiger partial charge in [0, 0.05) is 58.8 Å². The van der Waals surface area contributed by atoms with Crippen molar-refractivity contribution in [3.8, 4) is 0 Å². The van der Waals surface area contributed by atoms with Crippen molar-refractivity contribution in [3.63, 3.8) is 0 Å². The number of pyridine rings is 1. The molecule has 260 valence electrons. The van der Waals surface area contributed by atoms with E-state index in [0.717, 1.165) is 0 Å². The van der Waals surface area contributed by atoms with Crippen molar-refractivity contribution in [1.29, 1.82) is 0 Å². The number of aromatic nitrogens is 1. The number of ketones is 1. The van der Waals surface area contributed by atoms with Crippen molar-refractivity contribution in [1.82, 2.24) is 29.9 Å². The molecule has 4 N–H and O–H groups in total. The average Bonchev–Trinajstić information content (AvgIpc) is 3.03. The second-order valence-electron chi connectivity index (χ2n) is 12.5. The molecule has 15 heteroatoms. The molecule has 3 heterocycles. The van der Waals surface area contributed by atoms with Gasteiger partial charge in [-0.1, -0.05) is 19.1 Å². The summed E-state index contributed by atoms with van der Waals surface area (Å²) in [7, 11) is 1.81. The first-order valence-corrected chi connectivity index (χ1v) is 15.9. The number of benzene rings is 1. The molecule has 0 spiro atoms. The maximum atomic E-state index is 13.0. The van der Waals surface area contributed by atoms with E-state index >= 15 is 0 Å². The van der Waals surface area contributed by atoms with Gasteiger partial charge >= 0.3 is 11.9 Å². The van der Waals surface area contributed by atoms with E-state index in [1.165, 1.54) is 13.8 Å². The Balaban J connectivity index is 1.57. The van der Waals surface area contributed by atoms with Crippen LogP contribution in [0, 0.1) is 5.92 Å². The number of fused-ring (bicyclic) bond motifs is 2. The predicted molar refractivity (Wildman–Crippen MR) is 176 cm³/mol. The van der Waals surface area contributed by atoms with Crippen LogP contribution in [0.5, 0.6) is 0 Å². The fourth-order valence-corrected chi connectivity index (χ4v) is 5.54. The number of nitrogens with zero attached hydrogens (tertiary/aromatic N) is 5. The molecule has 2 aromatic heterocycles. The number of carbonyl (C=O) groups excluding carboxylic acids is 2. The van der Waals surface area contributed by atoms with Gasteiger partial charge < -0.3 is 30.0 Å². The Kier molecular flexibility index (Phi) is 12.7. The number of nitrogens with one attached hydrogen (secondary N) is 1. The number of para-hydroxylation sites is 1. The van der Waals surface area contributed by atoms with Gasteiger partial charge in [-0.2, -0.15) is 0 Å². The van der Waals surface area contributed by atoms with Crippen LogP contribution in [0.25, 0.3) is 22.1 Å². The molecule has 1 unspecified atom stereocenters. The Labute approximate surface area is 277 Å². The number of likely N-dealkylation sites (N-methyl/N-ethyl adjacent to an activating group) is 1. The zero-order valence-electron chi connectivity index (χ0n) is 27.5. The highest BCUT2D eigenvalue weighted by molar-refractivity contribution is 5.88. The van der Waals surface area contributed by atoms with Crippen molar-refractivity contribution in [2.45, 2.75) is 39.1 Å². The molecule has 48 heavy (non-hydrogen) atoms. The van der Waals surface area contributed by atoms with Gasteiger partial charge in [-0.3, -0.25) is 38.7 Å². The van der Waals surface area contributed by atoms with Gasteiger partial charge in [-0.05, 0) is 38.2 Å². The number of aliphatic hydroxyl groups excluding tert-OH is 1. The Morgan fingerprint density at radius 3 is 2.33 bits per heavy atom. The van der Waals surface area contributed by atoms with Gasteiger partial charge in [0.25, 0.3) is 0 Å². The topological polar surface area (TPSA) is 197 Å². The number of β-amino-alcohol motifs (C(OH)–C–C–N with tert-alkyl or cyclic N) is 1. The van der Waals surface area contributed by atoms with Crippen LogP contribution in [-0.4, -0.2) is 142 Å². The van der Waals surface area contributed by atoms with Crippen LogP contribution in [0.15, 0.2) is 45.6 Å². The monoisotopic (exact) mass is 668 g/mol. The second kappa shape index (κ2) is 16.7. The summed E-state index contributed by atoms with van der Waals surface area (Å²) in [5.74, 6) is -3.71. The van der Waals surface area contributed by atoms with Crippen LogP contribution < -0.4 is 10.7 Å². The van der Waals surface area contributed by atoms with Gasteiger partial charge in [0.15, 0.2) is 0 Å². The van der Waals surface area contributed by atoms with Crippen LogP contribution in [0.2, 0.25) is 0 Å². The van der Waals surface area contributed by atoms with Gasteiger partial charge in [-0.15, -0.1) is 0 Å². The average molecular weight is 669 g/mol. The van der Waals surface area contributed by atoms with Crippen LogP contribution in [-0.2, 0) is 25.7 Å². The summed E-state index contributed by atoms with van der Waals surface area (Å²) in [5.41, 5.74) is 1.06. The minimum Gasteiger partial charge on any atom is -0.481 e. The number of carboxylic acid groups (broad SMARTS) is 2. The molecule has 3 atom stereocenters.